The van der Waals surface area contributed by atoms with Crippen molar-refractivity contribution in [1.29, 1.82) is 0 Å². The first-order valence-corrected chi connectivity index (χ1v) is 8.82. The molecule has 23 heavy (non-hydrogen) atoms. The Morgan fingerprint density at radius 1 is 1.35 bits per heavy atom. The van der Waals surface area contributed by atoms with Crippen LogP contribution in [0.1, 0.15) is 19.8 Å². The number of carbonyl (C=O) groups is 2. The van der Waals surface area contributed by atoms with Crippen molar-refractivity contribution in [1.82, 2.24) is 0 Å². The summed E-state index contributed by atoms with van der Waals surface area (Å²) in [5.74, 6) is -1.80. The molecule has 1 unspecified atom stereocenters. The molecule has 1 saturated heterocycles. The van der Waals surface area contributed by atoms with Crippen LogP contribution in [0.2, 0.25) is 0 Å². The zero-order valence-electron chi connectivity index (χ0n) is 12.8. The first kappa shape index (κ1) is 17.2. The fourth-order valence-electron chi connectivity index (χ4n) is 2.45. The van der Waals surface area contributed by atoms with E-state index in [0.717, 1.165) is 0 Å². The Labute approximate surface area is 135 Å². The third-order valence-corrected chi connectivity index (χ3v) is 5.42. The Morgan fingerprint density at radius 2 is 2.00 bits per heavy atom. The predicted octanol–water partition coefficient (Wildman–Crippen LogP) is 1.86. The van der Waals surface area contributed by atoms with Crippen LogP contribution in [0.3, 0.4) is 0 Å². The number of esters is 2. The van der Waals surface area contributed by atoms with Gasteiger partial charge in [0.05, 0.1) is 17.3 Å². The number of benzene rings is 1. The highest BCUT2D eigenvalue weighted by atomic mass is 32.2. The van der Waals surface area contributed by atoms with Crippen LogP contribution in [0.5, 0.6) is 0 Å². The van der Waals surface area contributed by atoms with E-state index in [9.17, 15) is 18.0 Å². The van der Waals surface area contributed by atoms with Crippen LogP contribution in [0, 0.1) is 5.41 Å². The molecule has 1 aliphatic heterocycles. The normalized spacial score (nSPS) is 21.1. The Morgan fingerprint density at radius 3 is 2.52 bits per heavy atom. The summed E-state index contributed by atoms with van der Waals surface area (Å²) >= 11 is 0. The number of sulfone groups is 1. The maximum atomic E-state index is 12.4. The number of carbonyl (C=O) groups excluding carboxylic acids is 2. The highest BCUT2D eigenvalue weighted by molar-refractivity contribution is 7.91. The number of hydrogen-bond donors (Lipinski definition) is 0. The summed E-state index contributed by atoms with van der Waals surface area (Å²) < 4.78 is 34.6. The summed E-state index contributed by atoms with van der Waals surface area (Å²) in [5, 5.41) is 0. The third-order valence-electron chi connectivity index (χ3n) is 3.69. The molecular formula is C16H18O6S. The minimum Gasteiger partial charge on any atom is -0.465 e. The molecular weight excluding hydrogens is 320 g/mol. The van der Waals surface area contributed by atoms with E-state index in [1.807, 2.05) is 0 Å². The van der Waals surface area contributed by atoms with Crippen molar-refractivity contribution in [2.45, 2.75) is 24.7 Å². The highest BCUT2D eigenvalue weighted by Gasteiger charge is 2.54. The Balaban J connectivity index is 2.25. The van der Waals surface area contributed by atoms with Crippen molar-refractivity contribution < 1.29 is 27.5 Å². The van der Waals surface area contributed by atoms with Crippen molar-refractivity contribution in [3.05, 3.63) is 42.7 Å². The van der Waals surface area contributed by atoms with Gasteiger partial charge in [0.25, 0.3) is 0 Å². The lowest BCUT2D eigenvalue weighted by atomic mass is 9.83. The quantitative estimate of drug-likeness (QED) is 0.581. The molecule has 0 spiro atoms. The van der Waals surface area contributed by atoms with Gasteiger partial charge in [-0.1, -0.05) is 24.8 Å². The minimum atomic E-state index is -3.62. The van der Waals surface area contributed by atoms with E-state index >= 15 is 0 Å². The molecule has 1 aromatic rings. The minimum absolute atomic E-state index is 0.0605. The molecule has 2 rings (SSSR count). The topological polar surface area (TPSA) is 86.7 Å². The van der Waals surface area contributed by atoms with E-state index in [0.29, 0.717) is 0 Å². The lowest BCUT2D eigenvalue weighted by Crippen LogP contribution is -2.39. The maximum Gasteiger partial charge on any atom is 0.329 e. The standard InChI is InChI=1S/C16H18O6S/c1-3-21-14(17)16(11-12(2)22-15(16)18)9-10-23(19,20)13-7-5-4-6-8-13/h4-8H,2-3,9-11H2,1H3. The number of ether oxygens (including phenoxy) is 2. The molecule has 0 bridgehead atoms. The molecule has 1 aliphatic rings. The van der Waals surface area contributed by atoms with Crippen LogP contribution in [0.4, 0.5) is 0 Å². The smallest absolute Gasteiger partial charge is 0.329 e. The first-order valence-electron chi connectivity index (χ1n) is 7.17. The Bertz CT molecular complexity index is 722. The zero-order valence-corrected chi connectivity index (χ0v) is 13.6. The Hall–Kier alpha value is -2.15. The van der Waals surface area contributed by atoms with Gasteiger partial charge in [-0.3, -0.25) is 9.59 Å². The average Bonchev–Trinajstić information content (AvgIpc) is 2.81. The lowest BCUT2D eigenvalue weighted by Gasteiger charge is -2.21. The zero-order chi connectivity index (χ0) is 17.1. The number of cyclic esters (lactones) is 1. The van der Waals surface area contributed by atoms with Gasteiger partial charge in [0.2, 0.25) is 0 Å². The lowest BCUT2D eigenvalue weighted by molar-refractivity contribution is -0.164. The molecule has 1 fully saturated rings. The molecule has 1 heterocycles. The average molecular weight is 338 g/mol. The summed E-state index contributed by atoms with van der Waals surface area (Å²) in [6.45, 7) is 5.25. The predicted molar refractivity (Wildman–Crippen MR) is 82.0 cm³/mol. The fraction of sp³-hybridized carbons (Fsp3) is 0.375. The fourth-order valence-corrected chi connectivity index (χ4v) is 3.87. The second kappa shape index (κ2) is 6.54. The molecule has 0 aliphatic carbocycles. The summed E-state index contributed by atoms with van der Waals surface area (Å²) in [5.41, 5.74) is -1.63. The van der Waals surface area contributed by atoms with Crippen LogP contribution < -0.4 is 0 Å². The number of allylic oxidation sites excluding steroid dienone is 1. The summed E-state index contributed by atoms with van der Waals surface area (Å²) in [6, 6.07) is 7.87. The summed E-state index contributed by atoms with van der Waals surface area (Å²) in [6.07, 6.45) is -0.268. The number of rotatable bonds is 6. The van der Waals surface area contributed by atoms with Gasteiger partial charge < -0.3 is 9.47 Å². The van der Waals surface area contributed by atoms with Gasteiger partial charge in [0.1, 0.15) is 5.76 Å². The largest absolute Gasteiger partial charge is 0.465 e. The van der Waals surface area contributed by atoms with Crippen molar-refractivity contribution in [3.63, 3.8) is 0 Å². The van der Waals surface area contributed by atoms with E-state index in [1.165, 1.54) is 12.1 Å². The second-order valence-corrected chi connectivity index (χ2v) is 7.40. The second-order valence-electron chi connectivity index (χ2n) is 5.29. The molecule has 0 radical (unpaired) electrons. The monoisotopic (exact) mass is 338 g/mol. The van der Waals surface area contributed by atoms with E-state index in [2.05, 4.69) is 6.58 Å². The van der Waals surface area contributed by atoms with Gasteiger partial charge in [-0.25, -0.2) is 8.42 Å². The van der Waals surface area contributed by atoms with E-state index in [-0.39, 0.29) is 35.9 Å². The van der Waals surface area contributed by atoms with Crippen molar-refractivity contribution in [2.75, 3.05) is 12.4 Å². The third kappa shape index (κ3) is 3.44. The van der Waals surface area contributed by atoms with E-state index < -0.39 is 27.2 Å². The highest BCUT2D eigenvalue weighted by Crippen LogP contribution is 2.40. The van der Waals surface area contributed by atoms with Crippen molar-refractivity contribution >= 4 is 21.8 Å². The van der Waals surface area contributed by atoms with Crippen LogP contribution in [-0.2, 0) is 28.9 Å². The van der Waals surface area contributed by atoms with Crippen LogP contribution in [0.25, 0.3) is 0 Å². The molecule has 7 heteroatoms. The van der Waals surface area contributed by atoms with Gasteiger partial charge in [-0.2, -0.15) is 0 Å². The number of hydrogen-bond acceptors (Lipinski definition) is 6. The van der Waals surface area contributed by atoms with Crippen molar-refractivity contribution in [2.24, 2.45) is 5.41 Å². The van der Waals surface area contributed by atoms with Crippen LogP contribution >= 0.6 is 0 Å². The van der Waals surface area contributed by atoms with Gasteiger partial charge in [-0.15, -0.1) is 0 Å². The maximum absolute atomic E-state index is 12.4. The molecule has 0 aromatic heterocycles. The molecule has 0 N–H and O–H groups in total. The van der Waals surface area contributed by atoms with Gasteiger partial charge in [0, 0.05) is 6.42 Å². The first-order chi connectivity index (χ1) is 10.8. The van der Waals surface area contributed by atoms with Gasteiger partial charge >= 0.3 is 11.9 Å². The van der Waals surface area contributed by atoms with Gasteiger partial charge in [-0.05, 0) is 25.5 Å². The van der Waals surface area contributed by atoms with E-state index in [4.69, 9.17) is 9.47 Å². The molecule has 0 saturated carbocycles. The Kier molecular flexibility index (Phi) is 4.89. The van der Waals surface area contributed by atoms with E-state index in [1.54, 1.807) is 25.1 Å². The van der Waals surface area contributed by atoms with Crippen LogP contribution in [-0.4, -0.2) is 32.7 Å². The molecule has 1 atom stereocenters. The molecule has 1 aromatic carbocycles. The summed E-state index contributed by atoms with van der Waals surface area (Å²) in [4.78, 5) is 24.5. The molecule has 124 valence electrons. The summed E-state index contributed by atoms with van der Waals surface area (Å²) in [7, 11) is -3.62. The molecule has 6 nitrogen and oxygen atoms in total. The van der Waals surface area contributed by atoms with Gasteiger partial charge in [0.15, 0.2) is 15.3 Å². The van der Waals surface area contributed by atoms with Crippen molar-refractivity contribution in [3.8, 4) is 0 Å². The molecule has 0 amide bonds. The van der Waals surface area contributed by atoms with Crippen LogP contribution in [0.15, 0.2) is 47.6 Å². The SMILES string of the molecule is C=C1CC(CCS(=O)(=O)c2ccccc2)(C(=O)OCC)C(=O)O1.